The number of furan rings is 1. The molecule has 1 aliphatic heterocycles. The van der Waals surface area contributed by atoms with Gasteiger partial charge in [0.05, 0.1) is 21.2 Å². The average molecular weight is 614 g/mol. The smallest absolute Gasteiger partial charge is 0.416 e. The van der Waals surface area contributed by atoms with Crippen LogP contribution in [0.5, 0.6) is 5.75 Å². The van der Waals surface area contributed by atoms with Crippen molar-refractivity contribution < 1.29 is 27.5 Å². The summed E-state index contributed by atoms with van der Waals surface area (Å²) < 4.78 is 45.6. The second-order valence-corrected chi connectivity index (χ2v) is 13.0. The van der Waals surface area contributed by atoms with E-state index < -0.39 is 11.7 Å². The van der Waals surface area contributed by atoms with Crippen molar-refractivity contribution in [1.82, 2.24) is 0 Å². The molecule has 3 aliphatic rings. The van der Waals surface area contributed by atoms with Crippen LogP contribution in [-0.2, 0) is 11.0 Å². The van der Waals surface area contributed by atoms with Gasteiger partial charge >= 0.3 is 6.18 Å². The van der Waals surface area contributed by atoms with E-state index in [-0.39, 0.29) is 49.5 Å². The van der Waals surface area contributed by atoms with Gasteiger partial charge in [0.1, 0.15) is 17.3 Å². The van der Waals surface area contributed by atoms with Crippen LogP contribution in [0.3, 0.4) is 0 Å². The molecule has 2 heterocycles. The van der Waals surface area contributed by atoms with E-state index in [9.17, 15) is 23.1 Å². The Bertz CT molecular complexity index is 1680. The lowest BCUT2D eigenvalue weighted by atomic mass is 9.70. The van der Waals surface area contributed by atoms with Crippen molar-refractivity contribution in [2.24, 2.45) is 27.0 Å². The predicted octanol–water partition coefficient (Wildman–Crippen LogP) is 9.00. The number of alkyl halides is 3. The second kappa shape index (κ2) is 10.1. The first kappa shape index (κ1) is 28.6. The molecule has 11 heteroatoms. The number of amides is 1. The largest absolute Gasteiger partial charge is 0.508 e. The molecule has 3 aromatic rings. The Labute approximate surface area is 250 Å². The Kier molecular flexibility index (Phi) is 6.85. The fourth-order valence-electron chi connectivity index (χ4n) is 6.15. The summed E-state index contributed by atoms with van der Waals surface area (Å²) in [4.78, 5) is 15.4. The normalized spacial score (nSPS) is 26.4. The number of aromatic hydroxyl groups is 1. The van der Waals surface area contributed by atoms with Crippen molar-refractivity contribution in [2.45, 2.75) is 46.2 Å². The maximum atomic E-state index is 13.6. The van der Waals surface area contributed by atoms with E-state index in [0.29, 0.717) is 16.8 Å². The van der Waals surface area contributed by atoms with Crippen LogP contribution in [0.15, 0.2) is 74.1 Å². The highest BCUT2D eigenvalue weighted by atomic mass is 35.5. The molecule has 6 rings (SSSR count). The maximum absolute atomic E-state index is 13.6. The van der Waals surface area contributed by atoms with Crippen LogP contribution in [0.4, 0.5) is 18.9 Å². The number of thioether (sulfide) groups is 1. The molecule has 3 fully saturated rings. The summed E-state index contributed by atoms with van der Waals surface area (Å²) in [5.41, 5.74) is 0.828. The summed E-state index contributed by atoms with van der Waals surface area (Å²) in [5.74, 6) is 0.618. The highest BCUT2D eigenvalue weighted by molar-refractivity contribution is 8.19. The summed E-state index contributed by atoms with van der Waals surface area (Å²) in [6.07, 6.45) is 0.0579. The third-order valence-electron chi connectivity index (χ3n) is 9.14. The quantitative estimate of drug-likeness (QED) is 0.235. The van der Waals surface area contributed by atoms with Gasteiger partial charge in [0.25, 0.3) is 5.91 Å². The fourth-order valence-corrected chi connectivity index (χ4v) is 7.27. The number of rotatable bonds is 4. The molecular formula is C31H27ClF3N3O3S. The number of hydrogen-bond acceptors (Lipinski definition) is 6. The van der Waals surface area contributed by atoms with Crippen LogP contribution in [0.25, 0.3) is 17.4 Å². The van der Waals surface area contributed by atoms with E-state index in [4.69, 9.17) is 16.0 Å². The Hall–Kier alpha value is -3.50. The number of nitrogens with zero attached hydrogens (tertiary/aromatic N) is 3. The standard InChI is InChI=1S/C31H27ClF3N3O3S/c1-29(2)17-12-13-30(29,3)26(15-17)36-37-28-38(19-5-7-20(39)8-6-19)27(40)25(42-28)16-21-9-11-24(41-21)22-14-18(31(33,34)35)4-10-23(22)32/h4-11,14,16-17,39H,12-13,15H2,1-3H3/b25-16-,36-26+,37-28+. The van der Waals surface area contributed by atoms with Gasteiger partial charge in [-0.05, 0) is 97.0 Å². The number of benzene rings is 2. The van der Waals surface area contributed by atoms with Crippen LogP contribution in [0.1, 0.15) is 51.4 Å². The van der Waals surface area contributed by atoms with E-state index in [1.54, 1.807) is 18.2 Å². The molecule has 2 atom stereocenters. The minimum Gasteiger partial charge on any atom is -0.508 e. The highest BCUT2D eigenvalue weighted by Crippen LogP contribution is 2.64. The van der Waals surface area contributed by atoms with E-state index in [1.165, 1.54) is 35.2 Å². The van der Waals surface area contributed by atoms with Crippen LogP contribution in [0, 0.1) is 16.7 Å². The van der Waals surface area contributed by atoms with Crippen molar-refractivity contribution in [2.75, 3.05) is 4.90 Å². The van der Waals surface area contributed by atoms with Gasteiger partial charge in [-0.15, -0.1) is 5.10 Å². The molecule has 1 aromatic heterocycles. The summed E-state index contributed by atoms with van der Waals surface area (Å²) in [5, 5.41) is 19.5. The zero-order valence-electron chi connectivity index (χ0n) is 23.0. The zero-order valence-corrected chi connectivity index (χ0v) is 24.6. The molecule has 1 N–H and O–H groups in total. The van der Waals surface area contributed by atoms with Gasteiger partial charge in [0.15, 0.2) is 0 Å². The summed E-state index contributed by atoms with van der Waals surface area (Å²) >= 11 is 7.31. The number of phenolic OH excluding ortho intramolecular Hbond substituents is 1. The second-order valence-electron chi connectivity index (χ2n) is 11.6. The number of amidine groups is 1. The van der Waals surface area contributed by atoms with Crippen LogP contribution >= 0.6 is 23.4 Å². The van der Waals surface area contributed by atoms with Crippen LogP contribution < -0.4 is 4.90 Å². The van der Waals surface area contributed by atoms with E-state index >= 15 is 0 Å². The maximum Gasteiger partial charge on any atom is 0.416 e. The van der Waals surface area contributed by atoms with E-state index in [1.807, 2.05) is 0 Å². The van der Waals surface area contributed by atoms with Crippen molar-refractivity contribution in [3.05, 3.63) is 75.8 Å². The third-order valence-corrected chi connectivity index (χ3v) is 10.4. The van der Waals surface area contributed by atoms with Gasteiger partial charge in [-0.3, -0.25) is 9.69 Å². The monoisotopic (exact) mass is 613 g/mol. The van der Waals surface area contributed by atoms with Crippen LogP contribution in [0.2, 0.25) is 5.02 Å². The number of hydrogen-bond donors (Lipinski definition) is 1. The lowest BCUT2D eigenvalue weighted by Gasteiger charge is -2.34. The molecule has 2 aromatic carbocycles. The van der Waals surface area contributed by atoms with Crippen molar-refractivity contribution in [3.8, 4) is 17.1 Å². The first-order valence-electron chi connectivity index (χ1n) is 13.4. The molecule has 0 spiro atoms. The van der Waals surface area contributed by atoms with Crippen molar-refractivity contribution in [1.29, 1.82) is 0 Å². The highest BCUT2D eigenvalue weighted by Gasteiger charge is 2.60. The Morgan fingerprint density at radius 1 is 1.10 bits per heavy atom. The van der Waals surface area contributed by atoms with Crippen molar-refractivity contribution in [3.63, 3.8) is 0 Å². The van der Waals surface area contributed by atoms with E-state index in [0.717, 1.165) is 48.9 Å². The number of carbonyl (C=O) groups is 1. The first-order valence-corrected chi connectivity index (χ1v) is 14.6. The lowest BCUT2D eigenvalue weighted by molar-refractivity contribution is -0.137. The summed E-state index contributed by atoms with van der Waals surface area (Å²) in [7, 11) is 0. The van der Waals surface area contributed by atoms with Gasteiger partial charge in [-0.25, -0.2) is 0 Å². The summed E-state index contributed by atoms with van der Waals surface area (Å²) in [6, 6.07) is 12.3. The van der Waals surface area contributed by atoms with Gasteiger partial charge in [0.2, 0.25) is 5.17 Å². The topological polar surface area (TPSA) is 78.4 Å². The molecular weight excluding hydrogens is 587 g/mol. The molecule has 1 saturated heterocycles. The molecule has 2 unspecified atom stereocenters. The Morgan fingerprint density at radius 2 is 1.83 bits per heavy atom. The number of carbonyl (C=O) groups excluding carboxylic acids is 1. The van der Waals surface area contributed by atoms with Gasteiger partial charge in [-0.2, -0.15) is 18.3 Å². The first-order chi connectivity index (χ1) is 19.8. The molecule has 218 valence electrons. The minimum absolute atomic E-state index is 0.0565. The molecule has 1 amide bonds. The number of halogens is 4. The average Bonchev–Trinajstić information content (AvgIpc) is 3.62. The fraction of sp³-hybridized carbons (Fsp3) is 0.323. The Morgan fingerprint density at radius 3 is 2.48 bits per heavy atom. The molecule has 0 radical (unpaired) electrons. The van der Waals surface area contributed by atoms with E-state index in [2.05, 4.69) is 31.0 Å². The SMILES string of the molecule is CC12CCC(C/C1=N\N=C1\S/C(=C\c3ccc(-c4cc(C(F)(F)F)ccc4Cl)o3)C(=O)N1c1ccc(O)cc1)C2(C)C. The lowest BCUT2D eigenvalue weighted by Crippen LogP contribution is -2.32. The number of fused-ring (bicyclic) bond motifs is 2. The van der Waals surface area contributed by atoms with Crippen molar-refractivity contribution >= 4 is 51.9 Å². The molecule has 6 nitrogen and oxygen atoms in total. The molecule has 2 saturated carbocycles. The molecule has 2 aliphatic carbocycles. The van der Waals surface area contributed by atoms with Gasteiger partial charge in [0, 0.05) is 22.8 Å². The van der Waals surface area contributed by atoms with Crippen LogP contribution in [-0.4, -0.2) is 21.9 Å². The number of phenols is 1. The summed E-state index contributed by atoms with van der Waals surface area (Å²) in [6.45, 7) is 6.80. The zero-order chi connectivity index (χ0) is 30.0. The van der Waals surface area contributed by atoms with Gasteiger partial charge in [-0.1, -0.05) is 32.4 Å². The molecule has 42 heavy (non-hydrogen) atoms. The molecule has 2 bridgehead atoms. The minimum atomic E-state index is -4.54. The predicted molar refractivity (Wildman–Crippen MR) is 159 cm³/mol. The third kappa shape index (κ3) is 4.74. The number of anilines is 1. The Balaban J connectivity index is 1.35. The van der Waals surface area contributed by atoms with Gasteiger partial charge < -0.3 is 9.52 Å².